The van der Waals surface area contributed by atoms with Gasteiger partial charge < -0.3 is 15.5 Å². The summed E-state index contributed by atoms with van der Waals surface area (Å²) in [6, 6.07) is 10.3. The van der Waals surface area contributed by atoms with Crippen LogP contribution in [0.15, 0.2) is 35.3 Å². The van der Waals surface area contributed by atoms with Gasteiger partial charge in [-0.3, -0.25) is 4.79 Å². The number of carbonyl (C=O) groups excluding carboxylic acids is 1. The lowest BCUT2D eigenvalue weighted by atomic mass is 9.93. The van der Waals surface area contributed by atoms with Crippen molar-refractivity contribution in [2.24, 2.45) is 10.9 Å². The third-order valence-electron chi connectivity index (χ3n) is 4.26. The van der Waals surface area contributed by atoms with Gasteiger partial charge >= 0.3 is 0 Å². The van der Waals surface area contributed by atoms with E-state index in [-0.39, 0.29) is 29.9 Å². The number of nitrogens with one attached hydrogen (secondary N) is 2. The molecule has 2 N–H and O–H groups in total. The number of guanidine groups is 1. The van der Waals surface area contributed by atoms with Crippen LogP contribution >= 0.6 is 24.0 Å². The number of hydrogen-bond acceptors (Lipinski definition) is 2. The summed E-state index contributed by atoms with van der Waals surface area (Å²) < 4.78 is 0. The Morgan fingerprint density at radius 1 is 1.25 bits per heavy atom. The summed E-state index contributed by atoms with van der Waals surface area (Å²) in [7, 11) is 1.71. The Balaban J connectivity index is 0.00000288. The minimum atomic E-state index is 0. The Labute approximate surface area is 162 Å². The lowest BCUT2D eigenvalue weighted by molar-refractivity contribution is -0.121. The normalized spacial score (nSPS) is 15.6. The first kappa shape index (κ1) is 20.7. The molecule has 5 nitrogen and oxygen atoms in total. The second-order valence-electron chi connectivity index (χ2n) is 5.96. The van der Waals surface area contributed by atoms with Crippen molar-refractivity contribution < 1.29 is 4.79 Å². The topological polar surface area (TPSA) is 56.7 Å². The fourth-order valence-corrected chi connectivity index (χ4v) is 2.89. The van der Waals surface area contributed by atoms with E-state index in [1.807, 2.05) is 18.2 Å². The lowest BCUT2D eigenvalue weighted by Crippen LogP contribution is -2.46. The van der Waals surface area contributed by atoms with Crippen LogP contribution < -0.4 is 10.6 Å². The number of hydrogen-bond donors (Lipinski definition) is 2. The van der Waals surface area contributed by atoms with Crippen LogP contribution in [0.25, 0.3) is 0 Å². The second kappa shape index (κ2) is 11.3. The van der Waals surface area contributed by atoms with Crippen molar-refractivity contribution >= 4 is 35.8 Å². The van der Waals surface area contributed by atoms with Crippen LogP contribution in [-0.2, 0) is 11.3 Å². The van der Waals surface area contributed by atoms with Gasteiger partial charge in [0.1, 0.15) is 0 Å². The number of benzene rings is 1. The summed E-state index contributed by atoms with van der Waals surface area (Å²) in [5.41, 5.74) is 1.22. The molecule has 0 atom stereocenters. The Bertz CT molecular complexity index is 513. The third kappa shape index (κ3) is 6.67. The van der Waals surface area contributed by atoms with Crippen molar-refractivity contribution in [3.8, 4) is 0 Å². The van der Waals surface area contributed by atoms with E-state index in [9.17, 15) is 4.79 Å². The maximum atomic E-state index is 11.5. The van der Waals surface area contributed by atoms with Crippen LogP contribution in [0.4, 0.5) is 0 Å². The molecule has 134 valence electrons. The maximum absolute atomic E-state index is 11.5. The number of rotatable bonds is 5. The van der Waals surface area contributed by atoms with Crippen LogP contribution in [-0.4, -0.2) is 43.4 Å². The first-order valence-electron chi connectivity index (χ1n) is 8.50. The Morgan fingerprint density at radius 2 is 1.92 bits per heavy atom. The molecule has 0 aromatic heterocycles. The van der Waals surface area contributed by atoms with Crippen molar-refractivity contribution in [2.45, 2.75) is 32.7 Å². The minimum absolute atomic E-state index is 0. The SMILES string of the molecule is CCNC(=NCc1ccccc1)N1CCC(CC(=O)NC)CC1.I. The molecule has 1 aliphatic rings. The Kier molecular flexibility index (Phi) is 9.75. The van der Waals surface area contributed by atoms with E-state index in [1.54, 1.807) is 7.05 Å². The monoisotopic (exact) mass is 444 g/mol. The number of halogens is 1. The molecule has 6 heteroatoms. The highest BCUT2D eigenvalue weighted by Gasteiger charge is 2.22. The smallest absolute Gasteiger partial charge is 0.220 e. The third-order valence-corrected chi connectivity index (χ3v) is 4.26. The summed E-state index contributed by atoms with van der Waals surface area (Å²) in [4.78, 5) is 18.6. The van der Waals surface area contributed by atoms with E-state index in [0.29, 0.717) is 18.9 Å². The number of aliphatic imine (C=N–C) groups is 1. The van der Waals surface area contributed by atoms with Crippen molar-refractivity contribution in [2.75, 3.05) is 26.7 Å². The lowest BCUT2D eigenvalue weighted by Gasteiger charge is -2.34. The molecule has 0 aliphatic carbocycles. The van der Waals surface area contributed by atoms with E-state index < -0.39 is 0 Å². The molecular weight excluding hydrogens is 415 g/mol. The summed E-state index contributed by atoms with van der Waals surface area (Å²) in [5.74, 6) is 1.62. The van der Waals surface area contributed by atoms with Crippen LogP contribution in [0.1, 0.15) is 31.7 Å². The first-order chi connectivity index (χ1) is 11.2. The average Bonchev–Trinajstić information content (AvgIpc) is 2.60. The second-order valence-corrected chi connectivity index (χ2v) is 5.96. The maximum Gasteiger partial charge on any atom is 0.220 e. The van der Waals surface area contributed by atoms with Crippen LogP contribution in [0, 0.1) is 5.92 Å². The number of nitrogens with zero attached hydrogens (tertiary/aromatic N) is 2. The highest BCUT2D eigenvalue weighted by Crippen LogP contribution is 2.20. The molecule has 0 radical (unpaired) electrons. The van der Waals surface area contributed by atoms with E-state index in [4.69, 9.17) is 4.99 Å². The van der Waals surface area contributed by atoms with Crippen LogP contribution in [0.2, 0.25) is 0 Å². The molecule has 1 aromatic carbocycles. The molecule has 0 bridgehead atoms. The van der Waals surface area contributed by atoms with Crippen LogP contribution in [0.5, 0.6) is 0 Å². The number of amides is 1. The van der Waals surface area contributed by atoms with Gasteiger partial charge in [0, 0.05) is 33.1 Å². The number of carbonyl (C=O) groups is 1. The summed E-state index contributed by atoms with van der Waals surface area (Å²) in [5, 5.41) is 6.10. The average molecular weight is 444 g/mol. The fourth-order valence-electron chi connectivity index (χ4n) is 2.89. The summed E-state index contributed by atoms with van der Waals surface area (Å²) >= 11 is 0. The van der Waals surface area contributed by atoms with Gasteiger partial charge in [-0.2, -0.15) is 0 Å². The zero-order chi connectivity index (χ0) is 16.5. The van der Waals surface area contributed by atoms with Gasteiger partial charge in [-0.05, 0) is 31.2 Å². The van der Waals surface area contributed by atoms with Gasteiger partial charge in [-0.25, -0.2) is 4.99 Å². The molecule has 0 saturated carbocycles. The predicted octanol–water partition coefficient (Wildman–Crippen LogP) is 2.62. The number of piperidine rings is 1. The predicted molar refractivity (Wildman–Crippen MR) is 110 cm³/mol. The van der Waals surface area contributed by atoms with Gasteiger partial charge in [-0.1, -0.05) is 30.3 Å². The summed E-state index contributed by atoms with van der Waals surface area (Å²) in [6.07, 6.45) is 2.73. The highest BCUT2D eigenvalue weighted by molar-refractivity contribution is 14.0. The van der Waals surface area contributed by atoms with E-state index >= 15 is 0 Å². The van der Waals surface area contributed by atoms with E-state index in [0.717, 1.165) is 38.4 Å². The molecule has 1 aliphatic heterocycles. The van der Waals surface area contributed by atoms with Crippen molar-refractivity contribution in [1.82, 2.24) is 15.5 Å². The fraction of sp³-hybridized carbons (Fsp3) is 0.556. The molecule has 0 unspecified atom stereocenters. The Morgan fingerprint density at radius 3 is 2.50 bits per heavy atom. The largest absolute Gasteiger partial charge is 0.359 e. The standard InChI is InChI=1S/C18H28N4O.HI/c1-3-20-18(21-14-16-7-5-4-6-8-16)22-11-9-15(10-12-22)13-17(23)19-2;/h4-8,15H,3,9-14H2,1-2H3,(H,19,23)(H,20,21);1H. The van der Waals surface area contributed by atoms with Gasteiger partial charge in [0.2, 0.25) is 5.91 Å². The molecule has 2 rings (SSSR count). The van der Waals surface area contributed by atoms with Gasteiger partial charge in [0.05, 0.1) is 6.54 Å². The zero-order valence-electron chi connectivity index (χ0n) is 14.6. The molecule has 24 heavy (non-hydrogen) atoms. The molecule has 1 amide bonds. The first-order valence-corrected chi connectivity index (χ1v) is 8.50. The molecule has 1 aromatic rings. The minimum Gasteiger partial charge on any atom is -0.359 e. The zero-order valence-corrected chi connectivity index (χ0v) is 17.0. The molecule has 1 saturated heterocycles. The molecular formula is C18H29IN4O. The Hall–Kier alpha value is -1.31. The van der Waals surface area contributed by atoms with Crippen molar-refractivity contribution in [1.29, 1.82) is 0 Å². The van der Waals surface area contributed by atoms with Crippen molar-refractivity contribution in [3.63, 3.8) is 0 Å². The molecule has 1 heterocycles. The van der Waals surface area contributed by atoms with Gasteiger partial charge in [-0.15, -0.1) is 24.0 Å². The quantitative estimate of drug-likeness (QED) is 0.417. The van der Waals surface area contributed by atoms with Crippen LogP contribution in [0.3, 0.4) is 0 Å². The van der Waals surface area contributed by atoms with Gasteiger partial charge in [0.15, 0.2) is 5.96 Å². The molecule has 1 fully saturated rings. The number of likely N-dealkylation sites (tertiary alicyclic amines) is 1. The van der Waals surface area contributed by atoms with E-state index in [2.05, 4.69) is 34.6 Å². The van der Waals surface area contributed by atoms with Crippen molar-refractivity contribution in [3.05, 3.63) is 35.9 Å². The highest BCUT2D eigenvalue weighted by atomic mass is 127. The van der Waals surface area contributed by atoms with E-state index in [1.165, 1.54) is 5.56 Å². The molecule has 0 spiro atoms. The van der Waals surface area contributed by atoms with Gasteiger partial charge in [0.25, 0.3) is 0 Å². The summed E-state index contributed by atoms with van der Waals surface area (Å²) in [6.45, 7) is 5.58.